The van der Waals surface area contributed by atoms with Gasteiger partial charge in [-0.1, -0.05) is 0 Å². The predicted molar refractivity (Wildman–Crippen MR) is 80.6 cm³/mol. The molecule has 0 N–H and O–H groups in total. The fraction of sp³-hybridized carbons (Fsp3) is 0.875. The number of halogens is 1. The summed E-state index contributed by atoms with van der Waals surface area (Å²) in [6.07, 6.45) is 0.369. The van der Waals surface area contributed by atoms with Gasteiger partial charge in [-0.3, -0.25) is 9.59 Å². The lowest BCUT2D eigenvalue weighted by Crippen LogP contribution is -2.53. The largest absolute Gasteiger partial charge is 0.378 e. The van der Waals surface area contributed by atoms with Crippen molar-refractivity contribution in [1.82, 2.24) is 9.80 Å². The zero-order valence-electron chi connectivity index (χ0n) is 13.6. The first-order chi connectivity index (χ1) is 11.1. The van der Waals surface area contributed by atoms with Gasteiger partial charge in [0.1, 0.15) is 12.2 Å². The fourth-order valence-corrected chi connectivity index (χ4v) is 3.72. The van der Waals surface area contributed by atoms with E-state index >= 15 is 0 Å². The number of likely N-dealkylation sites (tertiary alicyclic amines) is 1. The van der Waals surface area contributed by atoms with Crippen LogP contribution in [0.15, 0.2) is 0 Å². The van der Waals surface area contributed by atoms with Gasteiger partial charge < -0.3 is 19.3 Å². The van der Waals surface area contributed by atoms with Gasteiger partial charge in [0.2, 0.25) is 11.8 Å². The average Bonchev–Trinajstić information content (AvgIpc) is 2.96. The highest BCUT2D eigenvalue weighted by atomic mass is 19.1. The molecule has 4 atom stereocenters. The van der Waals surface area contributed by atoms with Crippen molar-refractivity contribution in [2.45, 2.75) is 44.5 Å². The van der Waals surface area contributed by atoms with E-state index in [1.807, 2.05) is 6.92 Å². The maximum absolute atomic E-state index is 14.0. The highest BCUT2D eigenvalue weighted by Gasteiger charge is 2.44. The number of hydrogen-bond donors (Lipinski definition) is 0. The molecule has 0 saturated carbocycles. The normalized spacial score (nSPS) is 35.4. The SMILES string of the molecule is CC1OCCCC1C(=O)N1C[C@H](F)C[C@H]1C(=O)N1CCOCC1. The molecule has 0 aromatic carbocycles. The van der Waals surface area contributed by atoms with Gasteiger partial charge in [0, 0.05) is 26.1 Å². The van der Waals surface area contributed by atoms with Crippen LogP contribution in [0, 0.1) is 5.92 Å². The van der Waals surface area contributed by atoms with E-state index in [1.165, 1.54) is 4.90 Å². The summed E-state index contributed by atoms with van der Waals surface area (Å²) in [5.74, 6) is -0.552. The Labute approximate surface area is 135 Å². The van der Waals surface area contributed by atoms with Crippen molar-refractivity contribution >= 4 is 11.8 Å². The summed E-state index contributed by atoms with van der Waals surface area (Å²) >= 11 is 0. The van der Waals surface area contributed by atoms with E-state index in [4.69, 9.17) is 9.47 Å². The summed E-state index contributed by atoms with van der Waals surface area (Å²) in [6.45, 7) is 4.57. The quantitative estimate of drug-likeness (QED) is 0.745. The van der Waals surface area contributed by atoms with Crippen LogP contribution in [0.3, 0.4) is 0 Å². The number of ether oxygens (including phenoxy) is 2. The predicted octanol–water partition coefficient (Wildman–Crippen LogP) is 0.599. The number of carbonyl (C=O) groups excluding carboxylic acids is 2. The molecule has 0 bridgehead atoms. The third-order valence-electron chi connectivity index (χ3n) is 5.06. The zero-order chi connectivity index (χ0) is 16.4. The van der Waals surface area contributed by atoms with Crippen LogP contribution in [-0.2, 0) is 19.1 Å². The molecular formula is C16H25FN2O4. The minimum Gasteiger partial charge on any atom is -0.378 e. The lowest BCUT2D eigenvalue weighted by Gasteiger charge is -2.36. The van der Waals surface area contributed by atoms with Gasteiger partial charge in [-0.2, -0.15) is 0 Å². The summed E-state index contributed by atoms with van der Waals surface area (Å²) in [4.78, 5) is 28.7. The topological polar surface area (TPSA) is 59.1 Å². The molecule has 3 aliphatic rings. The van der Waals surface area contributed by atoms with E-state index in [9.17, 15) is 14.0 Å². The number of alkyl halides is 1. The Kier molecular flexibility index (Phi) is 5.16. The molecule has 3 heterocycles. The molecule has 3 aliphatic heterocycles. The molecule has 3 fully saturated rings. The molecule has 0 aromatic heterocycles. The molecular weight excluding hydrogens is 303 g/mol. The van der Waals surface area contributed by atoms with Crippen molar-refractivity contribution in [3.8, 4) is 0 Å². The molecule has 2 amide bonds. The minimum absolute atomic E-state index is 0.0167. The van der Waals surface area contributed by atoms with Gasteiger partial charge in [-0.15, -0.1) is 0 Å². The van der Waals surface area contributed by atoms with Gasteiger partial charge in [0.05, 0.1) is 31.8 Å². The van der Waals surface area contributed by atoms with Crippen molar-refractivity contribution in [3.05, 3.63) is 0 Å². The number of morpholine rings is 1. The summed E-state index contributed by atoms with van der Waals surface area (Å²) in [5.41, 5.74) is 0. The first kappa shape index (κ1) is 16.6. The summed E-state index contributed by atoms with van der Waals surface area (Å²) in [6, 6.07) is -0.676. The van der Waals surface area contributed by atoms with Crippen LogP contribution in [0.4, 0.5) is 4.39 Å². The van der Waals surface area contributed by atoms with Crippen LogP contribution in [0.25, 0.3) is 0 Å². The van der Waals surface area contributed by atoms with Crippen molar-refractivity contribution in [2.75, 3.05) is 39.5 Å². The first-order valence-electron chi connectivity index (χ1n) is 8.50. The maximum atomic E-state index is 14.0. The van der Waals surface area contributed by atoms with Crippen LogP contribution in [-0.4, -0.2) is 79.4 Å². The minimum atomic E-state index is -1.13. The number of hydrogen-bond acceptors (Lipinski definition) is 4. The Morgan fingerprint density at radius 2 is 1.87 bits per heavy atom. The molecule has 0 spiro atoms. The second-order valence-electron chi connectivity index (χ2n) is 6.60. The first-order valence-corrected chi connectivity index (χ1v) is 8.50. The standard InChI is InChI=1S/C16H25FN2O4/c1-11-13(3-2-6-23-11)15(20)19-10-12(17)9-14(19)16(21)18-4-7-22-8-5-18/h11-14H,2-10H2,1H3/t11?,12-,13?,14+/m1/s1. The van der Waals surface area contributed by atoms with Crippen LogP contribution in [0.1, 0.15) is 26.2 Å². The number of amides is 2. The van der Waals surface area contributed by atoms with Crippen LogP contribution < -0.4 is 0 Å². The van der Waals surface area contributed by atoms with E-state index < -0.39 is 12.2 Å². The molecule has 0 aromatic rings. The average molecular weight is 328 g/mol. The van der Waals surface area contributed by atoms with Gasteiger partial charge >= 0.3 is 0 Å². The Balaban J connectivity index is 1.71. The molecule has 2 unspecified atom stereocenters. The third-order valence-corrected chi connectivity index (χ3v) is 5.06. The van der Waals surface area contributed by atoms with Crippen molar-refractivity contribution in [1.29, 1.82) is 0 Å². The molecule has 6 nitrogen and oxygen atoms in total. The number of nitrogens with zero attached hydrogens (tertiary/aromatic N) is 2. The summed E-state index contributed by atoms with van der Waals surface area (Å²) in [5, 5.41) is 0. The van der Waals surface area contributed by atoms with Gasteiger partial charge in [-0.25, -0.2) is 4.39 Å². The van der Waals surface area contributed by atoms with E-state index in [0.717, 1.165) is 12.8 Å². The van der Waals surface area contributed by atoms with Gasteiger partial charge in [0.15, 0.2) is 0 Å². The van der Waals surface area contributed by atoms with E-state index in [-0.39, 0.29) is 36.8 Å². The molecule has 130 valence electrons. The smallest absolute Gasteiger partial charge is 0.245 e. The maximum Gasteiger partial charge on any atom is 0.245 e. The van der Waals surface area contributed by atoms with Gasteiger partial charge in [-0.05, 0) is 19.8 Å². The molecule has 0 radical (unpaired) electrons. The fourth-order valence-electron chi connectivity index (χ4n) is 3.72. The van der Waals surface area contributed by atoms with E-state index in [1.54, 1.807) is 4.90 Å². The molecule has 7 heteroatoms. The van der Waals surface area contributed by atoms with E-state index in [0.29, 0.717) is 32.9 Å². The Morgan fingerprint density at radius 1 is 1.13 bits per heavy atom. The summed E-state index contributed by atoms with van der Waals surface area (Å²) in [7, 11) is 0. The monoisotopic (exact) mass is 328 g/mol. The van der Waals surface area contributed by atoms with Crippen LogP contribution >= 0.6 is 0 Å². The third kappa shape index (κ3) is 3.50. The zero-order valence-corrected chi connectivity index (χ0v) is 13.6. The van der Waals surface area contributed by atoms with E-state index in [2.05, 4.69) is 0 Å². The molecule has 0 aliphatic carbocycles. The van der Waals surface area contributed by atoms with Crippen molar-refractivity contribution in [3.63, 3.8) is 0 Å². The highest BCUT2D eigenvalue weighted by Crippen LogP contribution is 2.29. The van der Waals surface area contributed by atoms with Crippen molar-refractivity contribution < 1.29 is 23.5 Å². The second kappa shape index (κ2) is 7.13. The number of carbonyl (C=O) groups is 2. The molecule has 3 saturated heterocycles. The lowest BCUT2D eigenvalue weighted by molar-refractivity contribution is -0.152. The van der Waals surface area contributed by atoms with Crippen LogP contribution in [0.2, 0.25) is 0 Å². The number of rotatable bonds is 2. The Morgan fingerprint density at radius 3 is 2.57 bits per heavy atom. The van der Waals surface area contributed by atoms with Crippen LogP contribution in [0.5, 0.6) is 0 Å². The Bertz CT molecular complexity index is 455. The summed E-state index contributed by atoms with van der Waals surface area (Å²) < 4.78 is 24.8. The Hall–Kier alpha value is -1.21. The van der Waals surface area contributed by atoms with Gasteiger partial charge in [0.25, 0.3) is 0 Å². The van der Waals surface area contributed by atoms with Crippen molar-refractivity contribution in [2.24, 2.45) is 5.92 Å². The second-order valence-corrected chi connectivity index (χ2v) is 6.60. The lowest BCUT2D eigenvalue weighted by atomic mass is 9.93. The molecule has 3 rings (SSSR count). The molecule has 23 heavy (non-hydrogen) atoms. The highest BCUT2D eigenvalue weighted by molar-refractivity contribution is 5.89.